The lowest BCUT2D eigenvalue weighted by molar-refractivity contribution is -0.384. The maximum Gasteiger partial charge on any atom is 0.270 e. The number of non-ortho nitro benzene ring substituents is 1. The molecule has 0 heterocycles. The van der Waals surface area contributed by atoms with Crippen molar-refractivity contribution < 1.29 is 24.4 Å². The van der Waals surface area contributed by atoms with Gasteiger partial charge in [0.2, 0.25) is 0 Å². The third-order valence-electron chi connectivity index (χ3n) is 5.07. The Hall–Kier alpha value is -4.79. The van der Waals surface area contributed by atoms with Crippen molar-refractivity contribution >= 4 is 29.5 Å². The van der Waals surface area contributed by atoms with Gasteiger partial charge in [-0.1, -0.05) is 60.2 Å². The van der Waals surface area contributed by atoms with Crippen LogP contribution in [0, 0.1) is 17.0 Å². The second kappa shape index (κ2) is 11.4. The quantitative estimate of drug-likeness (QED) is 0.278. The van der Waals surface area contributed by atoms with Crippen molar-refractivity contribution in [1.82, 2.24) is 10.6 Å². The summed E-state index contributed by atoms with van der Waals surface area (Å²) in [5.74, 6) is -2.99. The predicted molar refractivity (Wildman–Crippen MR) is 127 cm³/mol. The molecule has 3 rings (SSSR count). The van der Waals surface area contributed by atoms with Crippen molar-refractivity contribution in [1.29, 1.82) is 0 Å². The van der Waals surface area contributed by atoms with Crippen molar-refractivity contribution in [3.05, 3.63) is 117 Å². The largest absolute Gasteiger partial charge is 0.548 e. The van der Waals surface area contributed by atoms with E-state index in [1.54, 1.807) is 54.6 Å². The standard InChI is InChI=1S/C26H23N3O6/c1-17-10-12-20(13-11-17)24(30)27-22(16-19-8-5-9-21(14-19)29(34)35)25(31)28-23(26(32)33)15-18-6-3-2-4-7-18/h2-14,16,23H,15H2,1H3,(H,27,30)(H,28,31)(H,32,33)/p-1/b22-16+/t23-/m1/s1. The maximum absolute atomic E-state index is 13.1. The second-order valence-electron chi connectivity index (χ2n) is 7.77. The third kappa shape index (κ3) is 7.10. The summed E-state index contributed by atoms with van der Waals surface area (Å²) in [5, 5.41) is 27.7. The molecular formula is C26H22N3O6-. The van der Waals surface area contributed by atoms with Crippen molar-refractivity contribution in [3.63, 3.8) is 0 Å². The van der Waals surface area contributed by atoms with Crippen LogP contribution >= 0.6 is 0 Å². The molecule has 0 saturated heterocycles. The van der Waals surface area contributed by atoms with Gasteiger partial charge < -0.3 is 20.5 Å². The van der Waals surface area contributed by atoms with Crippen LogP contribution in [-0.4, -0.2) is 28.7 Å². The molecule has 178 valence electrons. The summed E-state index contributed by atoms with van der Waals surface area (Å²) in [5.41, 5.74) is 1.64. The molecule has 0 aliphatic heterocycles. The number of carboxylic acid groups (broad SMARTS) is 1. The fraction of sp³-hybridized carbons (Fsp3) is 0.115. The Bertz CT molecular complexity index is 1270. The normalized spacial score (nSPS) is 11.9. The van der Waals surface area contributed by atoms with Crippen LogP contribution in [0.15, 0.2) is 84.6 Å². The van der Waals surface area contributed by atoms with E-state index < -0.39 is 28.7 Å². The SMILES string of the molecule is Cc1ccc(C(=O)N/C(=C/c2cccc([N+](=O)[O-])c2)C(=O)N[C@H](Cc2ccccc2)C(=O)[O-])cc1. The van der Waals surface area contributed by atoms with Gasteiger partial charge >= 0.3 is 0 Å². The van der Waals surface area contributed by atoms with Crippen LogP contribution in [0.5, 0.6) is 0 Å². The number of nitrogens with zero attached hydrogens (tertiary/aromatic N) is 1. The van der Waals surface area contributed by atoms with Crippen LogP contribution in [0.2, 0.25) is 0 Å². The minimum absolute atomic E-state index is 0.0368. The first-order valence-electron chi connectivity index (χ1n) is 10.6. The number of nitrogens with one attached hydrogen (secondary N) is 2. The fourth-order valence-corrected chi connectivity index (χ4v) is 3.23. The number of carbonyl (C=O) groups is 3. The van der Waals surface area contributed by atoms with Crippen molar-refractivity contribution in [2.45, 2.75) is 19.4 Å². The van der Waals surface area contributed by atoms with E-state index in [1.807, 2.05) is 6.92 Å². The lowest BCUT2D eigenvalue weighted by Gasteiger charge is -2.21. The third-order valence-corrected chi connectivity index (χ3v) is 5.07. The molecule has 0 fully saturated rings. The summed E-state index contributed by atoms with van der Waals surface area (Å²) in [6, 6.07) is 19.3. The molecule has 0 aliphatic carbocycles. The van der Waals surface area contributed by atoms with Gasteiger partial charge in [-0.3, -0.25) is 19.7 Å². The minimum Gasteiger partial charge on any atom is -0.548 e. The van der Waals surface area contributed by atoms with Gasteiger partial charge in [-0.05, 0) is 42.7 Å². The first kappa shape index (κ1) is 24.8. The number of aryl methyl sites for hydroxylation is 1. The highest BCUT2D eigenvalue weighted by Gasteiger charge is 2.20. The molecule has 35 heavy (non-hydrogen) atoms. The second-order valence-corrected chi connectivity index (χ2v) is 7.77. The smallest absolute Gasteiger partial charge is 0.270 e. The van der Waals surface area contributed by atoms with Crippen LogP contribution < -0.4 is 15.7 Å². The number of aliphatic carboxylic acids is 1. The summed E-state index contributed by atoms with van der Waals surface area (Å²) in [6.45, 7) is 1.86. The Kier molecular flexibility index (Phi) is 8.07. The lowest BCUT2D eigenvalue weighted by atomic mass is 10.1. The molecule has 3 aromatic rings. The molecule has 9 heteroatoms. The van der Waals surface area contributed by atoms with Gasteiger partial charge in [0.25, 0.3) is 17.5 Å². The maximum atomic E-state index is 13.1. The molecule has 2 amide bonds. The minimum atomic E-state index is -1.50. The van der Waals surface area contributed by atoms with Gasteiger partial charge in [0, 0.05) is 17.7 Å². The van der Waals surface area contributed by atoms with E-state index in [1.165, 1.54) is 30.3 Å². The van der Waals surface area contributed by atoms with Gasteiger partial charge in [-0.2, -0.15) is 0 Å². The number of nitro groups is 1. The molecule has 0 radical (unpaired) electrons. The van der Waals surface area contributed by atoms with Crippen LogP contribution in [0.1, 0.15) is 27.0 Å². The van der Waals surface area contributed by atoms with Crippen LogP contribution in [0.4, 0.5) is 5.69 Å². The van der Waals surface area contributed by atoms with Crippen molar-refractivity contribution in [3.8, 4) is 0 Å². The average molecular weight is 472 g/mol. The monoisotopic (exact) mass is 472 g/mol. The van der Waals surface area contributed by atoms with Crippen LogP contribution in [-0.2, 0) is 16.0 Å². The molecule has 0 unspecified atom stereocenters. The van der Waals surface area contributed by atoms with Crippen molar-refractivity contribution in [2.24, 2.45) is 0 Å². The molecule has 0 bridgehead atoms. The van der Waals surface area contributed by atoms with E-state index in [4.69, 9.17) is 0 Å². The molecule has 9 nitrogen and oxygen atoms in total. The Morgan fingerprint density at radius 2 is 1.66 bits per heavy atom. The van der Waals surface area contributed by atoms with Crippen LogP contribution in [0.25, 0.3) is 6.08 Å². The Labute approximate surface area is 201 Å². The molecule has 3 aromatic carbocycles. The summed E-state index contributed by atoms with van der Waals surface area (Å²) in [7, 11) is 0. The number of benzene rings is 3. The first-order chi connectivity index (χ1) is 16.7. The first-order valence-corrected chi connectivity index (χ1v) is 10.6. The number of carboxylic acids is 1. The molecule has 0 aromatic heterocycles. The molecule has 0 spiro atoms. The molecule has 2 N–H and O–H groups in total. The van der Waals surface area contributed by atoms with E-state index in [9.17, 15) is 29.6 Å². The Balaban J connectivity index is 1.91. The number of hydrogen-bond donors (Lipinski definition) is 2. The predicted octanol–water partition coefficient (Wildman–Crippen LogP) is 2.15. The zero-order chi connectivity index (χ0) is 25.4. The molecular weight excluding hydrogens is 450 g/mol. The van der Waals surface area contributed by atoms with E-state index in [2.05, 4.69) is 10.6 Å². The topological polar surface area (TPSA) is 141 Å². The van der Waals surface area contributed by atoms with E-state index in [0.717, 1.165) is 5.56 Å². The number of rotatable bonds is 9. The van der Waals surface area contributed by atoms with E-state index in [-0.39, 0.29) is 28.9 Å². The lowest BCUT2D eigenvalue weighted by Crippen LogP contribution is -2.50. The molecule has 0 aliphatic rings. The van der Waals surface area contributed by atoms with Crippen molar-refractivity contribution in [2.75, 3.05) is 0 Å². The zero-order valence-electron chi connectivity index (χ0n) is 18.8. The number of amides is 2. The number of carbonyl (C=O) groups excluding carboxylic acids is 3. The highest BCUT2D eigenvalue weighted by atomic mass is 16.6. The van der Waals surface area contributed by atoms with Gasteiger partial charge in [-0.25, -0.2) is 0 Å². The number of hydrogen-bond acceptors (Lipinski definition) is 6. The zero-order valence-corrected chi connectivity index (χ0v) is 18.8. The molecule has 1 atom stereocenters. The van der Waals surface area contributed by atoms with E-state index in [0.29, 0.717) is 5.56 Å². The molecule has 0 saturated carbocycles. The van der Waals surface area contributed by atoms with E-state index >= 15 is 0 Å². The highest BCUT2D eigenvalue weighted by molar-refractivity contribution is 6.06. The van der Waals surface area contributed by atoms with Crippen LogP contribution in [0.3, 0.4) is 0 Å². The van der Waals surface area contributed by atoms with Gasteiger partial charge in [-0.15, -0.1) is 0 Å². The number of nitro benzene ring substituents is 1. The Morgan fingerprint density at radius 3 is 2.29 bits per heavy atom. The summed E-state index contributed by atoms with van der Waals surface area (Å²) in [6.07, 6.45) is 1.20. The highest BCUT2D eigenvalue weighted by Crippen LogP contribution is 2.16. The summed E-state index contributed by atoms with van der Waals surface area (Å²) >= 11 is 0. The average Bonchev–Trinajstić information content (AvgIpc) is 2.84. The summed E-state index contributed by atoms with van der Waals surface area (Å²) < 4.78 is 0. The van der Waals surface area contributed by atoms with Gasteiger partial charge in [0.05, 0.1) is 16.9 Å². The fourth-order valence-electron chi connectivity index (χ4n) is 3.23. The van der Waals surface area contributed by atoms with Gasteiger partial charge in [0.15, 0.2) is 0 Å². The summed E-state index contributed by atoms with van der Waals surface area (Å²) in [4.78, 5) is 48.1. The van der Waals surface area contributed by atoms with Gasteiger partial charge in [0.1, 0.15) is 5.70 Å². The Morgan fingerprint density at radius 1 is 0.971 bits per heavy atom.